The first kappa shape index (κ1) is 14.7. The van der Waals surface area contributed by atoms with Gasteiger partial charge < -0.3 is 10.4 Å². The van der Waals surface area contributed by atoms with Gasteiger partial charge in [0.2, 0.25) is 0 Å². The van der Waals surface area contributed by atoms with Gasteiger partial charge in [-0.1, -0.05) is 25.4 Å². The summed E-state index contributed by atoms with van der Waals surface area (Å²) in [5, 5.41) is 12.4. The highest BCUT2D eigenvalue weighted by Gasteiger charge is 2.18. The monoisotopic (exact) mass is 367 g/mol. The predicted molar refractivity (Wildman–Crippen MR) is 77.4 cm³/mol. The molecule has 1 aromatic rings. The van der Waals surface area contributed by atoms with Gasteiger partial charge >= 0.3 is 0 Å². The fourth-order valence-electron chi connectivity index (χ4n) is 1.14. The molecular formula is C12H15ClINO2. The molecule has 1 amide bonds. The molecular weight excluding hydrogens is 352 g/mol. The summed E-state index contributed by atoms with van der Waals surface area (Å²) >= 11 is 7.95. The summed E-state index contributed by atoms with van der Waals surface area (Å²) in [7, 11) is 0. The summed E-state index contributed by atoms with van der Waals surface area (Å²) in [6.07, 6.45) is 0. The molecule has 0 saturated carbocycles. The summed E-state index contributed by atoms with van der Waals surface area (Å²) in [5.41, 5.74) is 0.242. The number of rotatable bonds is 4. The molecule has 94 valence electrons. The Kier molecular flexibility index (Phi) is 5.22. The van der Waals surface area contributed by atoms with Gasteiger partial charge in [0.05, 0.1) is 5.56 Å². The van der Waals surface area contributed by atoms with E-state index >= 15 is 0 Å². The zero-order valence-corrected chi connectivity index (χ0v) is 12.7. The van der Waals surface area contributed by atoms with Crippen LogP contribution in [0.15, 0.2) is 18.2 Å². The van der Waals surface area contributed by atoms with Crippen molar-refractivity contribution in [2.45, 2.75) is 13.8 Å². The van der Waals surface area contributed by atoms with E-state index in [0.29, 0.717) is 17.1 Å². The van der Waals surface area contributed by atoms with Gasteiger partial charge in [0.15, 0.2) is 0 Å². The summed E-state index contributed by atoms with van der Waals surface area (Å²) in [6.45, 7) is 4.22. The molecule has 0 aromatic heterocycles. The molecule has 0 bridgehead atoms. The summed E-state index contributed by atoms with van der Waals surface area (Å²) in [5.74, 6) is -0.168. The van der Waals surface area contributed by atoms with Crippen molar-refractivity contribution in [3.05, 3.63) is 32.4 Å². The minimum Gasteiger partial charge on any atom is -0.396 e. The highest BCUT2D eigenvalue weighted by atomic mass is 127. The SMILES string of the molecule is CC(C)(CO)CNC(=O)c1cc(Cl)ccc1I. The average molecular weight is 368 g/mol. The average Bonchev–Trinajstić information content (AvgIpc) is 2.29. The van der Waals surface area contributed by atoms with Crippen molar-refractivity contribution in [2.24, 2.45) is 5.41 Å². The number of nitrogens with one attached hydrogen (secondary N) is 1. The van der Waals surface area contributed by atoms with Crippen LogP contribution in [-0.2, 0) is 0 Å². The number of aliphatic hydroxyl groups is 1. The quantitative estimate of drug-likeness (QED) is 0.804. The normalized spacial score (nSPS) is 11.4. The minimum atomic E-state index is -0.320. The Hall–Kier alpha value is -0.330. The van der Waals surface area contributed by atoms with Crippen LogP contribution in [0.4, 0.5) is 0 Å². The van der Waals surface area contributed by atoms with Gasteiger partial charge in [-0.05, 0) is 40.8 Å². The number of carbonyl (C=O) groups excluding carboxylic acids is 1. The lowest BCUT2D eigenvalue weighted by molar-refractivity contribution is 0.0910. The first-order chi connectivity index (χ1) is 7.85. The van der Waals surface area contributed by atoms with Crippen molar-refractivity contribution in [1.82, 2.24) is 5.32 Å². The Labute approximate surface area is 120 Å². The van der Waals surface area contributed by atoms with E-state index in [1.165, 1.54) is 0 Å². The number of hydrogen-bond acceptors (Lipinski definition) is 2. The van der Waals surface area contributed by atoms with Gasteiger partial charge in [0.1, 0.15) is 0 Å². The molecule has 0 unspecified atom stereocenters. The Morgan fingerprint density at radius 3 is 2.76 bits per heavy atom. The van der Waals surface area contributed by atoms with Crippen LogP contribution in [0, 0.1) is 8.99 Å². The van der Waals surface area contributed by atoms with Crippen LogP contribution < -0.4 is 5.32 Å². The van der Waals surface area contributed by atoms with Crippen LogP contribution >= 0.6 is 34.2 Å². The van der Waals surface area contributed by atoms with E-state index in [1.807, 2.05) is 13.8 Å². The zero-order chi connectivity index (χ0) is 13.1. The molecule has 0 radical (unpaired) electrons. The van der Waals surface area contributed by atoms with Crippen molar-refractivity contribution in [2.75, 3.05) is 13.2 Å². The van der Waals surface area contributed by atoms with E-state index in [4.69, 9.17) is 16.7 Å². The first-order valence-electron chi connectivity index (χ1n) is 5.20. The number of carbonyl (C=O) groups is 1. The second-order valence-corrected chi connectivity index (χ2v) is 6.23. The van der Waals surface area contributed by atoms with Gasteiger partial charge in [0.25, 0.3) is 5.91 Å². The van der Waals surface area contributed by atoms with E-state index in [1.54, 1.807) is 18.2 Å². The van der Waals surface area contributed by atoms with Gasteiger partial charge in [-0.25, -0.2) is 0 Å². The van der Waals surface area contributed by atoms with E-state index in [0.717, 1.165) is 3.57 Å². The van der Waals surface area contributed by atoms with Gasteiger partial charge in [-0.3, -0.25) is 4.79 Å². The zero-order valence-electron chi connectivity index (χ0n) is 9.76. The van der Waals surface area contributed by atoms with Crippen LogP contribution in [-0.4, -0.2) is 24.2 Å². The highest BCUT2D eigenvalue weighted by molar-refractivity contribution is 14.1. The lowest BCUT2D eigenvalue weighted by Gasteiger charge is -2.22. The maximum absolute atomic E-state index is 11.9. The first-order valence-corrected chi connectivity index (χ1v) is 6.65. The molecule has 1 rings (SSSR count). The second kappa shape index (κ2) is 6.02. The molecule has 17 heavy (non-hydrogen) atoms. The third kappa shape index (κ3) is 4.44. The molecule has 0 atom stereocenters. The van der Waals surface area contributed by atoms with Crippen molar-refractivity contribution >= 4 is 40.1 Å². The molecule has 1 aromatic carbocycles. The van der Waals surface area contributed by atoms with Crippen LogP contribution in [0.25, 0.3) is 0 Å². The van der Waals surface area contributed by atoms with Crippen LogP contribution in [0.5, 0.6) is 0 Å². The summed E-state index contributed by atoms with van der Waals surface area (Å²) < 4.78 is 0.853. The minimum absolute atomic E-state index is 0.0277. The lowest BCUT2D eigenvalue weighted by atomic mass is 9.95. The largest absolute Gasteiger partial charge is 0.396 e. The second-order valence-electron chi connectivity index (χ2n) is 4.63. The number of hydrogen-bond donors (Lipinski definition) is 2. The van der Waals surface area contributed by atoms with Gasteiger partial charge in [-0.15, -0.1) is 0 Å². The lowest BCUT2D eigenvalue weighted by Crippen LogP contribution is -2.36. The summed E-state index contributed by atoms with van der Waals surface area (Å²) in [6, 6.07) is 5.19. The number of benzene rings is 1. The predicted octanol–water partition coefficient (Wildman–Crippen LogP) is 2.69. The standard InChI is InChI=1S/C12H15ClINO2/c1-12(2,7-16)6-15-11(17)9-5-8(13)3-4-10(9)14/h3-5,16H,6-7H2,1-2H3,(H,15,17). The smallest absolute Gasteiger partial charge is 0.252 e. The molecule has 0 saturated heterocycles. The Morgan fingerprint density at radius 2 is 2.18 bits per heavy atom. The number of amides is 1. The Morgan fingerprint density at radius 1 is 1.53 bits per heavy atom. The fraction of sp³-hybridized carbons (Fsp3) is 0.417. The molecule has 0 aliphatic carbocycles. The molecule has 5 heteroatoms. The Bertz CT molecular complexity index is 421. The topological polar surface area (TPSA) is 49.3 Å². The van der Waals surface area contributed by atoms with Crippen molar-refractivity contribution in [1.29, 1.82) is 0 Å². The highest BCUT2D eigenvalue weighted by Crippen LogP contribution is 2.18. The molecule has 0 fully saturated rings. The molecule has 2 N–H and O–H groups in total. The molecule has 0 spiro atoms. The summed E-state index contributed by atoms with van der Waals surface area (Å²) in [4.78, 5) is 11.9. The van der Waals surface area contributed by atoms with Gasteiger partial charge in [-0.2, -0.15) is 0 Å². The number of halogens is 2. The molecule has 3 nitrogen and oxygen atoms in total. The van der Waals surface area contributed by atoms with Crippen molar-refractivity contribution < 1.29 is 9.90 Å². The Balaban J connectivity index is 2.74. The maximum atomic E-state index is 11.9. The van der Waals surface area contributed by atoms with Gasteiger partial charge in [0, 0.05) is 27.2 Å². The molecule has 0 aliphatic rings. The third-order valence-corrected chi connectivity index (χ3v) is 3.50. The number of aliphatic hydroxyl groups excluding tert-OH is 1. The van der Waals surface area contributed by atoms with Crippen LogP contribution in [0.3, 0.4) is 0 Å². The van der Waals surface area contributed by atoms with E-state index in [-0.39, 0.29) is 17.9 Å². The van der Waals surface area contributed by atoms with Crippen LogP contribution in [0.2, 0.25) is 5.02 Å². The fourth-order valence-corrected chi connectivity index (χ4v) is 1.89. The van der Waals surface area contributed by atoms with E-state index in [9.17, 15) is 4.79 Å². The van der Waals surface area contributed by atoms with Crippen LogP contribution in [0.1, 0.15) is 24.2 Å². The van der Waals surface area contributed by atoms with Crippen molar-refractivity contribution in [3.63, 3.8) is 0 Å². The van der Waals surface area contributed by atoms with Crippen molar-refractivity contribution in [3.8, 4) is 0 Å². The third-order valence-electron chi connectivity index (χ3n) is 2.33. The molecule has 0 aliphatic heterocycles. The van der Waals surface area contributed by atoms with E-state index in [2.05, 4.69) is 27.9 Å². The van der Waals surface area contributed by atoms with E-state index < -0.39 is 0 Å². The molecule has 0 heterocycles. The maximum Gasteiger partial charge on any atom is 0.252 e.